The number of hydrogen-bond acceptors (Lipinski definition) is 6. The first-order valence-corrected chi connectivity index (χ1v) is 9.87. The summed E-state index contributed by atoms with van der Waals surface area (Å²) in [5.41, 5.74) is 1.83. The first-order chi connectivity index (χ1) is 13.9. The summed E-state index contributed by atoms with van der Waals surface area (Å²) < 4.78 is 22.2. The number of aliphatic hydroxyl groups is 1. The van der Waals surface area contributed by atoms with Gasteiger partial charge in [0.2, 0.25) is 6.29 Å². The minimum Gasteiger partial charge on any atom is -0.459 e. The van der Waals surface area contributed by atoms with Crippen molar-refractivity contribution in [2.75, 3.05) is 27.8 Å². The molecule has 0 spiro atoms. The molecule has 1 N–H and O–H groups in total. The third kappa shape index (κ3) is 6.82. The van der Waals surface area contributed by atoms with Crippen LogP contribution in [0.1, 0.15) is 31.4 Å². The molecular weight excluding hydrogens is 374 g/mol. The van der Waals surface area contributed by atoms with E-state index in [2.05, 4.69) is 13.8 Å². The lowest BCUT2D eigenvalue weighted by molar-refractivity contribution is -0.163. The zero-order valence-corrected chi connectivity index (χ0v) is 18.0. The van der Waals surface area contributed by atoms with Gasteiger partial charge in [0.25, 0.3) is 5.91 Å². The lowest BCUT2D eigenvalue weighted by atomic mass is 9.90. The average Bonchev–Trinajstić information content (AvgIpc) is 2.75. The molecule has 1 aromatic carbocycles. The van der Waals surface area contributed by atoms with Crippen LogP contribution in [0.15, 0.2) is 36.1 Å². The van der Waals surface area contributed by atoms with Gasteiger partial charge in [-0.1, -0.05) is 38.1 Å². The summed E-state index contributed by atoms with van der Waals surface area (Å²) in [5.74, 6) is 0.602. The smallest absolute Gasteiger partial charge is 0.288 e. The van der Waals surface area contributed by atoms with Crippen LogP contribution in [0.2, 0.25) is 0 Å². The molecule has 2 rings (SSSR count). The minimum absolute atomic E-state index is 0.0136. The quantitative estimate of drug-likeness (QED) is 0.601. The van der Waals surface area contributed by atoms with Crippen LogP contribution in [0.4, 0.5) is 0 Å². The van der Waals surface area contributed by atoms with Gasteiger partial charge in [0, 0.05) is 27.7 Å². The molecule has 0 saturated carbocycles. The number of rotatable bonds is 10. The number of methoxy groups -OCH3 is 2. The van der Waals surface area contributed by atoms with Crippen molar-refractivity contribution in [3.8, 4) is 0 Å². The molecule has 1 aliphatic rings. The van der Waals surface area contributed by atoms with Crippen molar-refractivity contribution >= 4 is 5.91 Å². The molecule has 0 aliphatic carbocycles. The maximum absolute atomic E-state index is 12.9. The molecule has 2 atom stereocenters. The third-order valence-corrected chi connectivity index (χ3v) is 5.09. The van der Waals surface area contributed by atoms with Crippen LogP contribution in [0, 0.1) is 11.8 Å². The van der Waals surface area contributed by atoms with Gasteiger partial charge in [-0.15, -0.1) is 0 Å². The minimum atomic E-state index is -0.502. The van der Waals surface area contributed by atoms with Crippen molar-refractivity contribution in [2.24, 2.45) is 11.8 Å². The van der Waals surface area contributed by atoms with Gasteiger partial charge in [-0.05, 0) is 29.0 Å². The first kappa shape index (κ1) is 23.3. The second kappa shape index (κ2) is 11.3. The second-order valence-corrected chi connectivity index (χ2v) is 7.59. The van der Waals surface area contributed by atoms with Crippen LogP contribution in [-0.4, -0.2) is 56.3 Å². The number of carbonyl (C=O) groups excluding carboxylic acids is 1. The molecule has 1 amide bonds. The number of ether oxygens (including phenoxy) is 4. The Hall–Kier alpha value is -1.93. The Labute approximate surface area is 173 Å². The van der Waals surface area contributed by atoms with Crippen LogP contribution >= 0.6 is 0 Å². The van der Waals surface area contributed by atoms with Crippen LogP contribution in [0.25, 0.3) is 0 Å². The molecule has 162 valence electrons. The van der Waals surface area contributed by atoms with E-state index in [1.807, 2.05) is 30.3 Å². The van der Waals surface area contributed by atoms with Gasteiger partial charge in [0.05, 0.1) is 19.8 Å². The van der Waals surface area contributed by atoms with Gasteiger partial charge in [0.1, 0.15) is 0 Å². The van der Waals surface area contributed by atoms with E-state index in [9.17, 15) is 4.79 Å². The number of nitrogens with zero attached hydrogens (tertiary/aromatic N) is 1. The van der Waals surface area contributed by atoms with Gasteiger partial charge >= 0.3 is 0 Å². The SMILES string of the molecule is COC(CN(C)C(=O)C1=C[C@@H](C(C)C)C[C@@H](OCc2ccc(CO)cc2)O1)OC. The first-order valence-electron chi connectivity index (χ1n) is 9.87. The predicted molar refractivity (Wildman–Crippen MR) is 108 cm³/mol. The summed E-state index contributed by atoms with van der Waals surface area (Å²) in [6, 6.07) is 7.56. The molecule has 0 bridgehead atoms. The topological polar surface area (TPSA) is 77.5 Å². The monoisotopic (exact) mass is 407 g/mol. The Bertz CT molecular complexity index is 668. The van der Waals surface area contributed by atoms with Gasteiger partial charge < -0.3 is 29.0 Å². The molecule has 0 unspecified atom stereocenters. The van der Waals surface area contributed by atoms with E-state index in [1.165, 1.54) is 19.1 Å². The van der Waals surface area contributed by atoms with Crippen LogP contribution < -0.4 is 0 Å². The normalized spacial score (nSPS) is 19.2. The number of aliphatic hydroxyl groups excluding tert-OH is 1. The van der Waals surface area contributed by atoms with E-state index in [0.29, 0.717) is 31.2 Å². The number of hydrogen-bond donors (Lipinski definition) is 1. The number of allylic oxidation sites excluding steroid dienone is 1. The maximum atomic E-state index is 12.9. The Morgan fingerprint density at radius 1 is 1.21 bits per heavy atom. The molecule has 29 heavy (non-hydrogen) atoms. The number of amides is 1. The average molecular weight is 408 g/mol. The van der Waals surface area contributed by atoms with Crippen molar-refractivity contribution < 1.29 is 28.8 Å². The Morgan fingerprint density at radius 2 is 1.83 bits per heavy atom. The molecule has 0 aromatic heterocycles. The van der Waals surface area contributed by atoms with E-state index in [0.717, 1.165) is 11.1 Å². The molecule has 0 fully saturated rings. The Kier molecular flexibility index (Phi) is 9.10. The fourth-order valence-corrected chi connectivity index (χ4v) is 3.07. The highest BCUT2D eigenvalue weighted by atomic mass is 16.7. The number of likely N-dealkylation sites (N-methyl/N-ethyl adjacent to an activating group) is 1. The molecule has 0 radical (unpaired) electrons. The fraction of sp³-hybridized carbons (Fsp3) is 0.591. The summed E-state index contributed by atoms with van der Waals surface area (Å²) in [6.07, 6.45) is 1.58. The van der Waals surface area contributed by atoms with Crippen molar-refractivity contribution in [1.82, 2.24) is 4.90 Å². The number of benzene rings is 1. The standard InChI is InChI=1S/C22H33NO6/c1-15(2)18-10-19(22(25)23(3)12-21(26-4)27-5)29-20(11-18)28-14-17-8-6-16(13-24)7-9-17/h6-10,15,18,20-21,24H,11-14H2,1-5H3/t18-,20+/m1/s1. The van der Waals surface area contributed by atoms with Gasteiger partial charge in [0.15, 0.2) is 12.0 Å². The Balaban J connectivity index is 2.02. The second-order valence-electron chi connectivity index (χ2n) is 7.59. The fourth-order valence-electron chi connectivity index (χ4n) is 3.07. The molecule has 1 aromatic rings. The Morgan fingerprint density at radius 3 is 2.38 bits per heavy atom. The third-order valence-electron chi connectivity index (χ3n) is 5.09. The highest BCUT2D eigenvalue weighted by molar-refractivity contribution is 5.91. The highest BCUT2D eigenvalue weighted by Crippen LogP contribution is 2.30. The maximum Gasteiger partial charge on any atom is 0.288 e. The molecule has 1 heterocycles. The number of carbonyl (C=O) groups is 1. The summed E-state index contributed by atoms with van der Waals surface area (Å²) in [6.45, 7) is 4.92. The van der Waals surface area contributed by atoms with Crippen molar-refractivity contribution in [1.29, 1.82) is 0 Å². The summed E-state index contributed by atoms with van der Waals surface area (Å²) in [4.78, 5) is 14.4. The van der Waals surface area contributed by atoms with Crippen molar-refractivity contribution in [3.05, 3.63) is 47.2 Å². The van der Waals surface area contributed by atoms with Crippen molar-refractivity contribution in [2.45, 2.75) is 46.1 Å². The van der Waals surface area contributed by atoms with E-state index in [-0.39, 0.29) is 18.4 Å². The van der Waals surface area contributed by atoms with Gasteiger partial charge in [-0.2, -0.15) is 0 Å². The lowest BCUT2D eigenvalue weighted by Gasteiger charge is -2.32. The molecule has 7 heteroatoms. The van der Waals surface area contributed by atoms with Crippen LogP contribution in [0.3, 0.4) is 0 Å². The van der Waals surface area contributed by atoms with Gasteiger partial charge in [-0.3, -0.25) is 4.79 Å². The van der Waals surface area contributed by atoms with Gasteiger partial charge in [-0.25, -0.2) is 0 Å². The predicted octanol–water partition coefficient (Wildman–Crippen LogP) is 2.68. The van der Waals surface area contributed by atoms with E-state index < -0.39 is 12.6 Å². The van der Waals surface area contributed by atoms with Crippen molar-refractivity contribution in [3.63, 3.8) is 0 Å². The zero-order valence-electron chi connectivity index (χ0n) is 18.0. The van der Waals surface area contributed by atoms with E-state index in [4.69, 9.17) is 24.1 Å². The van der Waals surface area contributed by atoms with Crippen LogP contribution in [0.5, 0.6) is 0 Å². The lowest BCUT2D eigenvalue weighted by Crippen LogP contribution is -2.39. The summed E-state index contributed by atoms with van der Waals surface area (Å²) in [7, 11) is 4.76. The van der Waals surface area contributed by atoms with E-state index >= 15 is 0 Å². The summed E-state index contributed by atoms with van der Waals surface area (Å²) in [5, 5.41) is 9.15. The molecule has 1 aliphatic heterocycles. The molecule has 7 nitrogen and oxygen atoms in total. The van der Waals surface area contributed by atoms with E-state index in [1.54, 1.807) is 7.05 Å². The molecule has 0 saturated heterocycles. The molecular formula is C22H33NO6. The van der Waals surface area contributed by atoms with Crippen LogP contribution in [-0.2, 0) is 37.0 Å². The highest BCUT2D eigenvalue weighted by Gasteiger charge is 2.31. The zero-order chi connectivity index (χ0) is 21.4. The summed E-state index contributed by atoms with van der Waals surface area (Å²) >= 11 is 0. The largest absolute Gasteiger partial charge is 0.459 e.